The highest BCUT2D eigenvalue weighted by Crippen LogP contribution is 2.26. The maximum atomic E-state index is 5.89. The largest absolute Gasteiger partial charge is 0.451 e. The van der Waals surface area contributed by atoms with Crippen LogP contribution in [0.3, 0.4) is 0 Å². The van der Waals surface area contributed by atoms with Crippen molar-refractivity contribution in [3.8, 4) is 23.0 Å². The number of hydrogen-bond donors (Lipinski definition) is 1. The topological polar surface area (TPSA) is 98.6 Å². The summed E-state index contributed by atoms with van der Waals surface area (Å²) in [5, 5.41) is 10.9. The standard InChI is InChI=1S/C17H18N6O2/c1-11(2)9-16-20-15(22-25-16)10-23-8-7-18-17(23)14-4-3-13(24-14)12-5-6-19-21-12/h3-8,11H,9-10H2,1-2H3,(H,19,21). The zero-order chi connectivity index (χ0) is 17.2. The van der Waals surface area contributed by atoms with Gasteiger partial charge in [-0.2, -0.15) is 10.1 Å². The Bertz CT molecular complexity index is 948. The van der Waals surface area contributed by atoms with E-state index in [-0.39, 0.29) is 0 Å². The number of furan rings is 1. The van der Waals surface area contributed by atoms with E-state index in [1.807, 2.05) is 29.0 Å². The third-order valence-corrected chi connectivity index (χ3v) is 3.71. The number of aromatic amines is 1. The lowest BCUT2D eigenvalue weighted by atomic mass is 10.1. The summed E-state index contributed by atoms with van der Waals surface area (Å²) in [6.07, 6.45) is 6.05. The highest BCUT2D eigenvalue weighted by molar-refractivity contribution is 5.58. The Morgan fingerprint density at radius 3 is 2.84 bits per heavy atom. The molecule has 4 aromatic rings. The Labute approximate surface area is 143 Å². The van der Waals surface area contributed by atoms with Crippen LogP contribution in [-0.4, -0.2) is 29.9 Å². The molecular weight excluding hydrogens is 320 g/mol. The summed E-state index contributed by atoms with van der Waals surface area (Å²) >= 11 is 0. The van der Waals surface area contributed by atoms with E-state index in [0.717, 1.165) is 12.1 Å². The first kappa shape index (κ1) is 15.4. The lowest BCUT2D eigenvalue weighted by molar-refractivity contribution is 0.358. The number of nitrogens with zero attached hydrogens (tertiary/aromatic N) is 5. The van der Waals surface area contributed by atoms with Gasteiger partial charge in [0, 0.05) is 25.0 Å². The molecular formula is C17H18N6O2. The number of nitrogens with one attached hydrogen (secondary N) is 1. The highest BCUT2D eigenvalue weighted by atomic mass is 16.5. The number of H-pyrrole nitrogens is 1. The van der Waals surface area contributed by atoms with Crippen molar-refractivity contribution >= 4 is 0 Å². The van der Waals surface area contributed by atoms with Crippen LogP contribution in [0.5, 0.6) is 0 Å². The first-order valence-corrected chi connectivity index (χ1v) is 8.11. The first-order chi connectivity index (χ1) is 12.2. The zero-order valence-corrected chi connectivity index (χ0v) is 14.0. The van der Waals surface area contributed by atoms with Gasteiger partial charge < -0.3 is 13.5 Å². The Kier molecular flexibility index (Phi) is 3.93. The molecule has 0 aliphatic carbocycles. The van der Waals surface area contributed by atoms with E-state index in [9.17, 15) is 0 Å². The van der Waals surface area contributed by atoms with Crippen molar-refractivity contribution in [2.75, 3.05) is 0 Å². The molecule has 8 heteroatoms. The van der Waals surface area contributed by atoms with Gasteiger partial charge in [0.25, 0.3) is 0 Å². The fraction of sp³-hybridized carbons (Fsp3) is 0.294. The van der Waals surface area contributed by atoms with Crippen LogP contribution >= 0.6 is 0 Å². The Morgan fingerprint density at radius 2 is 2.04 bits per heavy atom. The van der Waals surface area contributed by atoms with Gasteiger partial charge in [0.2, 0.25) is 5.89 Å². The summed E-state index contributed by atoms with van der Waals surface area (Å²) in [6, 6.07) is 5.62. The summed E-state index contributed by atoms with van der Waals surface area (Å²) in [6.45, 7) is 4.70. The molecule has 4 aromatic heterocycles. The minimum absolute atomic E-state index is 0.469. The molecule has 0 aliphatic heterocycles. The number of aromatic nitrogens is 6. The smallest absolute Gasteiger partial charge is 0.226 e. The predicted molar refractivity (Wildman–Crippen MR) is 89.5 cm³/mol. The summed E-state index contributed by atoms with van der Waals surface area (Å²) < 4.78 is 13.1. The molecule has 128 valence electrons. The van der Waals surface area contributed by atoms with E-state index in [2.05, 4.69) is 39.2 Å². The second-order valence-electron chi connectivity index (χ2n) is 6.22. The highest BCUT2D eigenvalue weighted by Gasteiger charge is 2.15. The van der Waals surface area contributed by atoms with Crippen LogP contribution in [0.25, 0.3) is 23.0 Å². The third-order valence-electron chi connectivity index (χ3n) is 3.71. The van der Waals surface area contributed by atoms with E-state index >= 15 is 0 Å². The molecule has 25 heavy (non-hydrogen) atoms. The molecule has 8 nitrogen and oxygen atoms in total. The van der Waals surface area contributed by atoms with Crippen molar-refractivity contribution in [3.05, 3.63) is 48.5 Å². The minimum Gasteiger partial charge on any atom is -0.451 e. The fourth-order valence-electron chi connectivity index (χ4n) is 2.60. The maximum absolute atomic E-state index is 5.89. The van der Waals surface area contributed by atoms with Gasteiger partial charge >= 0.3 is 0 Å². The first-order valence-electron chi connectivity index (χ1n) is 8.11. The summed E-state index contributed by atoms with van der Waals surface area (Å²) in [5.41, 5.74) is 0.820. The van der Waals surface area contributed by atoms with Crippen LogP contribution in [-0.2, 0) is 13.0 Å². The Hall–Kier alpha value is -3.16. The van der Waals surface area contributed by atoms with E-state index < -0.39 is 0 Å². The third kappa shape index (κ3) is 3.23. The van der Waals surface area contributed by atoms with Gasteiger partial charge in [-0.15, -0.1) is 0 Å². The summed E-state index contributed by atoms with van der Waals surface area (Å²) in [7, 11) is 0. The van der Waals surface area contributed by atoms with E-state index in [4.69, 9.17) is 8.94 Å². The maximum Gasteiger partial charge on any atom is 0.226 e. The van der Waals surface area contributed by atoms with Crippen molar-refractivity contribution in [2.45, 2.75) is 26.8 Å². The number of imidazole rings is 1. The molecule has 0 atom stereocenters. The predicted octanol–water partition coefficient (Wildman–Crippen LogP) is 3.16. The lowest BCUT2D eigenvalue weighted by Crippen LogP contribution is -2.03. The van der Waals surface area contributed by atoms with Gasteiger partial charge in [-0.05, 0) is 24.1 Å². The normalized spacial score (nSPS) is 11.5. The van der Waals surface area contributed by atoms with Crippen molar-refractivity contribution in [3.63, 3.8) is 0 Å². The number of hydrogen-bond acceptors (Lipinski definition) is 6. The average molecular weight is 338 g/mol. The molecule has 0 fully saturated rings. The molecule has 4 rings (SSSR count). The van der Waals surface area contributed by atoms with Gasteiger partial charge in [0.15, 0.2) is 23.2 Å². The average Bonchev–Trinajstić information content (AvgIpc) is 3.35. The molecule has 0 saturated heterocycles. The van der Waals surface area contributed by atoms with Crippen molar-refractivity contribution < 1.29 is 8.94 Å². The van der Waals surface area contributed by atoms with E-state index in [1.165, 1.54) is 0 Å². The zero-order valence-electron chi connectivity index (χ0n) is 14.0. The molecule has 4 heterocycles. The molecule has 0 amide bonds. The lowest BCUT2D eigenvalue weighted by Gasteiger charge is -2.02. The molecule has 0 spiro atoms. The molecule has 0 aliphatic rings. The van der Waals surface area contributed by atoms with Gasteiger partial charge in [-0.3, -0.25) is 5.10 Å². The summed E-state index contributed by atoms with van der Waals surface area (Å²) in [5.74, 6) is 3.84. The Balaban J connectivity index is 1.56. The minimum atomic E-state index is 0.469. The van der Waals surface area contributed by atoms with Gasteiger partial charge in [-0.1, -0.05) is 19.0 Å². The molecule has 1 N–H and O–H groups in total. The van der Waals surface area contributed by atoms with Crippen LogP contribution < -0.4 is 0 Å². The molecule has 0 radical (unpaired) electrons. The molecule has 0 aromatic carbocycles. The quantitative estimate of drug-likeness (QED) is 0.580. The van der Waals surface area contributed by atoms with Crippen molar-refractivity contribution in [2.24, 2.45) is 5.92 Å². The van der Waals surface area contributed by atoms with Crippen LogP contribution in [0.15, 0.2) is 45.7 Å². The monoisotopic (exact) mass is 338 g/mol. The van der Waals surface area contributed by atoms with Gasteiger partial charge in [-0.25, -0.2) is 4.98 Å². The van der Waals surface area contributed by atoms with Crippen molar-refractivity contribution in [1.82, 2.24) is 29.9 Å². The van der Waals surface area contributed by atoms with Crippen LogP contribution in [0.4, 0.5) is 0 Å². The number of rotatable bonds is 6. The Morgan fingerprint density at radius 1 is 1.16 bits per heavy atom. The fourth-order valence-corrected chi connectivity index (χ4v) is 2.60. The second-order valence-corrected chi connectivity index (χ2v) is 6.22. The summed E-state index contributed by atoms with van der Waals surface area (Å²) in [4.78, 5) is 8.83. The van der Waals surface area contributed by atoms with Gasteiger partial charge in [0.1, 0.15) is 5.69 Å². The van der Waals surface area contributed by atoms with Crippen LogP contribution in [0, 0.1) is 5.92 Å². The molecule has 0 unspecified atom stereocenters. The molecule has 0 bridgehead atoms. The van der Waals surface area contributed by atoms with E-state index in [1.54, 1.807) is 12.4 Å². The SMILES string of the molecule is CC(C)Cc1nc(Cn2ccnc2-c2ccc(-c3ccn[nH]3)o2)no1. The van der Waals surface area contributed by atoms with Crippen molar-refractivity contribution in [1.29, 1.82) is 0 Å². The second kappa shape index (κ2) is 6.39. The van der Waals surface area contributed by atoms with Crippen LogP contribution in [0.1, 0.15) is 25.6 Å². The molecule has 0 saturated carbocycles. The van der Waals surface area contributed by atoms with E-state index in [0.29, 0.717) is 41.5 Å². The van der Waals surface area contributed by atoms with Crippen LogP contribution in [0.2, 0.25) is 0 Å². The van der Waals surface area contributed by atoms with Gasteiger partial charge in [0.05, 0.1) is 6.54 Å².